The molecule has 0 saturated carbocycles. The van der Waals surface area contributed by atoms with Crippen LogP contribution in [0.3, 0.4) is 0 Å². The molecule has 2 amide bonds. The number of likely N-dealkylation sites (tertiary alicyclic amines) is 2. The smallest absolute Gasteiger partial charge is 0.312 e. The second-order valence-corrected chi connectivity index (χ2v) is 10.4. The van der Waals surface area contributed by atoms with Crippen LogP contribution in [-0.4, -0.2) is 83.3 Å². The van der Waals surface area contributed by atoms with Gasteiger partial charge in [0.05, 0.1) is 11.3 Å². The van der Waals surface area contributed by atoms with Gasteiger partial charge in [0, 0.05) is 50.3 Å². The molecule has 0 aromatic heterocycles. The van der Waals surface area contributed by atoms with Gasteiger partial charge in [0.25, 0.3) is 0 Å². The van der Waals surface area contributed by atoms with E-state index in [0.29, 0.717) is 50.3 Å². The fraction of sp³-hybridized carbons (Fsp3) is 0.909. The van der Waals surface area contributed by atoms with Gasteiger partial charge in [0.15, 0.2) is 0 Å². The third-order valence-electron chi connectivity index (χ3n) is 7.50. The van der Waals surface area contributed by atoms with Crippen LogP contribution in [0.2, 0.25) is 0 Å². The van der Waals surface area contributed by atoms with Gasteiger partial charge in [0.2, 0.25) is 0 Å². The number of nitrogens with zero attached hydrogens (tertiary/aromatic N) is 2. The Morgan fingerprint density at radius 3 is 1.13 bits per heavy atom. The summed E-state index contributed by atoms with van der Waals surface area (Å²) >= 11 is 0. The Morgan fingerprint density at radius 1 is 0.600 bits per heavy atom. The Hall–Kier alpha value is -1.22. The molecule has 4 fully saturated rings. The quantitative estimate of drug-likeness (QED) is 0.423. The van der Waals surface area contributed by atoms with Gasteiger partial charge in [-0.2, -0.15) is 0 Å². The van der Waals surface area contributed by atoms with Crippen molar-refractivity contribution in [1.82, 2.24) is 31.1 Å². The predicted octanol–water partition coefficient (Wildman–Crippen LogP) is 0.344. The van der Waals surface area contributed by atoms with E-state index in [-0.39, 0.29) is 23.1 Å². The summed E-state index contributed by atoms with van der Waals surface area (Å²) in [5, 5.41) is 14.8. The second-order valence-electron chi connectivity index (χ2n) is 10.4. The van der Waals surface area contributed by atoms with Crippen molar-refractivity contribution in [2.45, 2.75) is 102 Å². The Morgan fingerprint density at radius 2 is 0.867 bits per heavy atom. The molecule has 4 saturated heterocycles. The Balaban J connectivity index is 1.29. The molecule has 0 radical (unpaired) electrons. The molecule has 2 spiro atoms. The lowest BCUT2D eigenvalue weighted by Crippen LogP contribution is -2.71. The van der Waals surface area contributed by atoms with Crippen molar-refractivity contribution in [2.75, 3.05) is 26.2 Å². The molecule has 4 aliphatic rings. The van der Waals surface area contributed by atoms with E-state index in [4.69, 9.17) is 0 Å². The molecular formula is C22H40N6O2. The first-order valence-electron chi connectivity index (χ1n) is 11.9. The van der Waals surface area contributed by atoms with Gasteiger partial charge in [-0.15, -0.1) is 0 Å². The molecule has 4 aliphatic heterocycles. The SMILES string of the molecule is CC1CC(C)NC2(CCN(C(=O)C(=O)N3CCC4(CC3)NC(C)CC(C)N4)CC2)N1. The van der Waals surface area contributed by atoms with Gasteiger partial charge in [0.1, 0.15) is 0 Å². The average molecular weight is 421 g/mol. The molecule has 0 aromatic carbocycles. The zero-order valence-electron chi connectivity index (χ0n) is 19.1. The first-order chi connectivity index (χ1) is 14.2. The van der Waals surface area contributed by atoms with E-state index in [1.54, 1.807) is 9.80 Å². The summed E-state index contributed by atoms with van der Waals surface area (Å²) in [7, 11) is 0. The van der Waals surface area contributed by atoms with Gasteiger partial charge in [-0.1, -0.05) is 0 Å². The number of hydrogen-bond donors (Lipinski definition) is 4. The van der Waals surface area contributed by atoms with Gasteiger partial charge >= 0.3 is 11.8 Å². The van der Waals surface area contributed by atoms with Crippen LogP contribution in [0.25, 0.3) is 0 Å². The maximum atomic E-state index is 12.9. The minimum atomic E-state index is -0.330. The normalized spacial score (nSPS) is 36.1. The van der Waals surface area contributed by atoms with E-state index in [0.717, 1.165) is 38.5 Å². The van der Waals surface area contributed by atoms with Crippen LogP contribution < -0.4 is 21.3 Å². The third kappa shape index (κ3) is 4.52. The predicted molar refractivity (Wildman–Crippen MR) is 117 cm³/mol. The van der Waals surface area contributed by atoms with Crippen molar-refractivity contribution in [3.8, 4) is 0 Å². The van der Waals surface area contributed by atoms with E-state index in [1.807, 2.05) is 0 Å². The van der Waals surface area contributed by atoms with Crippen LogP contribution in [0, 0.1) is 0 Å². The van der Waals surface area contributed by atoms with Gasteiger partial charge < -0.3 is 9.80 Å². The summed E-state index contributed by atoms with van der Waals surface area (Å²) in [5.41, 5.74) is -0.194. The van der Waals surface area contributed by atoms with Crippen LogP contribution >= 0.6 is 0 Å². The molecule has 4 rings (SSSR count). The molecule has 0 aromatic rings. The molecule has 30 heavy (non-hydrogen) atoms. The molecule has 0 aliphatic carbocycles. The molecule has 4 heterocycles. The number of piperidine rings is 2. The fourth-order valence-electron chi connectivity index (χ4n) is 6.30. The monoisotopic (exact) mass is 420 g/mol. The van der Waals surface area contributed by atoms with E-state index < -0.39 is 0 Å². The molecule has 170 valence electrons. The van der Waals surface area contributed by atoms with Crippen molar-refractivity contribution in [1.29, 1.82) is 0 Å². The second kappa shape index (κ2) is 8.37. The average Bonchev–Trinajstić information content (AvgIpc) is 2.66. The van der Waals surface area contributed by atoms with Crippen LogP contribution in [0.4, 0.5) is 0 Å². The largest absolute Gasteiger partial charge is 0.334 e. The summed E-state index contributed by atoms with van der Waals surface area (Å²) in [6, 6.07) is 1.88. The summed E-state index contributed by atoms with van der Waals surface area (Å²) in [6.45, 7) is 11.4. The van der Waals surface area contributed by atoms with Crippen molar-refractivity contribution >= 4 is 11.8 Å². The number of rotatable bonds is 0. The van der Waals surface area contributed by atoms with Crippen LogP contribution in [0.15, 0.2) is 0 Å². The van der Waals surface area contributed by atoms with Crippen LogP contribution in [0.5, 0.6) is 0 Å². The lowest BCUT2D eigenvalue weighted by molar-refractivity contribution is -0.154. The molecule has 4 atom stereocenters. The molecule has 4 N–H and O–H groups in total. The van der Waals surface area contributed by atoms with Crippen molar-refractivity contribution in [3.05, 3.63) is 0 Å². The Bertz CT molecular complexity index is 574. The lowest BCUT2D eigenvalue weighted by Gasteiger charge is -2.50. The zero-order valence-corrected chi connectivity index (χ0v) is 19.1. The summed E-state index contributed by atoms with van der Waals surface area (Å²) in [5.74, 6) is -0.659. The highest BCUT2D eigenvalue weighted by molar-refractivity contribution is 6.34. The van der Waals surface area contributed by atoms with Gasteiger partial charge in [-0.3, -0.25) is 30.9 Å². The van der Waals surface area contributed by atoms with Crippen molar-refractivity contribution < 1.29 is 9.59 Å². The standard InChI is InChI=1S/C22H40N6O2/c1-15-13-16(2)24-21(23-15)5-9-27(10-6-21)19(29)20(30)28-11-7-22(8-12-28)25-17(3)14-18(4)26-22/h15-18,23-26H,5-14H2,1-4H3. The van der Waals surface area contributed by atoms with Crippen LogP contribution in [-0.2, 0) is 9.59 Å². The number of amides is 2. The first-order valence-corrected chi connectivity index (χ1v) is 11.9. The summed E-state index contributed by atoms with van der Waals surface area (Å²) < 4.78 is 0. The lowest BCUT2D eigenvalue weighted by atomic mass is 9.89. The minimum Gasteiger partial charge on any atom is -0.334 e. The van der Waals surface area contributed by atoms with Gasteiger partial charge in [-0.25, -0.2) is 0 Å². The Kier molecular flexibility index (Phi) is 6.14. The fourth-order valence-corrected chi connectivity index (χ4v) is 6.30. The molecule has 4 unspecified atom stereocenters. The highest BCUT2D eigenvalue weighted by atomic mass is 16.2. The topological polar surface area (TPSA) is 88.7 Å². The van der Waals surface area contributed by atoms with E-state index in [9.17, 15) is 9.59 Å². The molecule has 8 nitrogen and oxygen atoms in total. The van der Waals surface area contributed by atoms with Crippen LogP contribution in [0.1, 0.15) is 66.2 Å². The number of carbonyl (C=O) groups is 2. The summed E-state index contributed by atoms with van der Waals surface area (Å²) in [6.07, 6.45) is 5.59. The number of carbonyl (C=O) groups excluding carboxylic acids is 2. The van der Waals surface area contributed by atoms with E-state index in [1.165, 1.54) is 0 Å². The van der Waals surface area contributed by atoms with Gasteiger partial charge in [-0.05, 0) is 66.2 Å². The number of hydrogen-bond acceptors (Lipinski definition) is 6. The molecule has 0 bridgehead atoms. The van der Waals surface area contributed by atoms with E-state index >= 15 is 0 Å². The van der Waals surface area contributed by atoms with Crippen molar-refractivity contribution in [3.63, 3.8) is 0 Å². The molecule has 8 heteroatoms. The Labute approximate surface area is 180 Å². The van der Waals surface area contributed by atoms with Crippen molar-refractivity contribution in [2.24, 2.45) is 0 Å². The number of nitrogens with one attached hydrogen (secondary N) is 4. The minimum absolute atomic E-state index is 0.0971. The zero-order chi connectivity index (χ0) is 21.5. The maximum Gasteiger partial charge on any atom is 0.312 e. The maximum absolute atomic E-state index is 12.9. The first kappa shape index (κ1) is 22.0. The third-order valence-corrected chi connectivity index (χ3v) is 7.50. The molecular weight excluding hydrogens is 380 g/mol. The highest BCUT2D eigenvalue weighted by Crippen LogP contribution is 2.28. The van der Waals surface area contributed by atoms with E-state index in [2.05, 4.69) is 49.0 Å². The highest BCUT2D eigenvalue weighted by Gasteiger charge is 2.44. The summed E-state index contributed by atoms with van der Waals surface area (Å²) in [4.78, 5) is 29.4.